The molecular formula is C12H22N2O6. The number of carbonyl (C=O) groups is 3. The molecular weight excluding hydrogens is 268 g/mol. The Kier molecular flexibility index (Phi) is 9.81. The van der Waals surface area contributed by atoms with E-state index in [0.29, 0.717) is 26.0 Å². The molecule has 3 N–H and O–H groups in total. The minimum Gasteiger partial charge on any atom is -0.480 e. The van der Waals surface area contributed by atoms with Gasteiger partial charge < -0.3 is 25.2 Å². The van der Waals surface area contributed by atoms with Crippen molar-refractivity contribution in [3.8, 4) is 0 Å². The molecule has 0 rings (SSSR count). The van der Waals surface area contributed by atoms with E-state index in [1.807, 2.05) is 0 Å². The van der Waals surface area contributed by atoms with Gasteiger partial charge in [-0.15, -0.1) is 0 Å². The van der Waals surface area contributed by atoms with Gasteiger partial charge in [-0.2, -0.15) is 0 Å². The summed E-state index contributed by atoms with van der Waals surface area (Å²) in [5.41, 5.74) is 0. The molecule has 0 aromatic heterocycles. The number of alkyl carbamates (subject to hydrolysis) is 2. The molecule has 8 nitrogen and oxygen atoms in total. The summed E-state index contributed by atoms with van der Waals surface area (Å²) in [6.07, 6.45) is 0.151. The third-order valence-electron chi connectivity index (χ3n) is 2.33. The highest BCUT2D eigenvalue weighted by Crippen LogP contribution is 2.01. The average molecular weight is 290 g/mol. The maximum Gasteiger partial charge on any atom is 0.407 e. The van der Waals surface area contributed by atoms with E-state index < -0.39 is 24.2 Å². The highest BCUT2D eigenvalue weighted by Gasteiger charge is 2.19. The van der Waals surface area contributed by atoms with Gasteiger partial charge in [-0.3, -0.25) is 0 Å². The fourth-order valence-corrected chi connectivity index (χ4v) is 1.42. The van der Waals surface area contributed by atoms with Crippen LogP contribution in [0.25, 0.3) is 0 Å². The van der Waals surface area contributed by atoms with E-state index in [1.54, 1.807) is 13.8 Å². The predicted octanol–water partition coefficient (Wildman–Crippen LogP) is 1.10. The highest BCUT2D eigenvalue weighted by atomic mass is 16.6. The van der Waals surface area contributed by atoms with E-state index in [4.69, 9.17) is 5.11 Å². The first-order valence-corrected chi connectivity index (χ1v) is 6.57. The van der Waals surface area contributed by atoms with Crippen LogP contribution in [0.3, 0.4) is 0 Å². The molecule has 116 valence electrons. The van der Waals surface area contributed by atoms with Gasteiger partial charge >= 0.3 is 18.2 Å². The Morgan fingerprint density at radius 1 is 1.05 bits per heavy atom. The fraction of sp³-hybridized carbons (Fsp3) is 0.750. The van der Waals surface area contributed by atoms with E-state index in [0.717, 1.165) is 0 Å². The van der Waals surface area contributed by atoms with Gasteiger partial charge in [0.25, 0.3) is 0 Å². The lowest BCUT2D eigenvalue weighted by Gasteiger charge is -2.14. The first kappa shape index (κ1) is 18.0. The van der Waals surface area contributed by atoms with Crippen molar-refractivity contribution < 1.29 is 29.0 Å². The van der Waals surface area contributed by atoms with Crippen LogP contribution in [0.5, 0.6) is 0 Å². The summed E-state index contributed by atoms with van der Waals surface area (Å²) < 4.78 is 9.29. The summed E-state index contributed by atoms with van der Waals surface area (Å²) in [4.78, 5) is 33.0. The van der Waals surface area contributed by atoms with Crippen molar-refractivity contribution in [2.45, 2.75) is 39.2 Å². The minimum absolute atomic E-state index is 0.182. The molecule has 0 spiro atoms. The van der Waals surface area contributed by atoms with Crippen molar-refractivity contribution >= 4 is 18.2 Å². The van der Waals surface area contributed by atoms with Crippen LogP contribution in [0.15, 0.2) is 0 Å². The SMILES string of the molecule is CCOC(=O)NCCCC[C@H](NC(=O)OCC)C(=O)O. The molecule has 0 aliphatic rings. The van der Waals surface area contributed by atoms with Gasteiger partial charge in [0.2, 0.25) is 0 Å². The molecule has 1 atom stereocenters. The molecule has 0 aliphatic carbocycles. The topological polar surface area (TPSA) is 114 Å². The Hall–Kier alpha value is -1.99. The summed E-state index contributed by atoms with van der Waals surface area (Å²) in [6.45, 7) is 4.22. The summed E-state index contributed by atoms with van der Waals surface area (Å²) in [5.74, 6) is -1.11. The molecule has 8 heteroatoms. The predicted molar refractivity (Wildman–Crippen MR) is 70.5 cm³/mol. The van der Waals surface area contributed by atoms with Gasteiger partial charge in [-0.25, -0.2) is 14.4 Å². The van der Waals surface area contributed by atoms with E-state index >= 15 is 0 Å². The van der Waals surface area contributed by atoms with E-state index in [-0.39, 0.29) is 13.0 Å². The van der Waals surface area contributed by atoms with Crippen molar-refractivity contribution in [1.82, 2.24) is 10.6 Å². The third kappa shape index (κ3) is 9.01. The number of carboxylic acid groups (broad SMARTS) is 1. The summed E-state index contributed by atoms with van der Waals surface area (Å²) in [6, 6.07) is -0.989. The second kappa shape index (κ2) is 10.9. The molecule has 0 unspecified atom stereocenters. The van der Waals surface area contributed by atoms with Crippen LogP contribution in [-0.2, 0) is 14.3 Å². The van der Waals surface area contributed by atoms with Crippen molar-refractivity contribution in [2.75, 3.05) is 19.8 Å². The lowest BCUT2D eigenvalue weighted by Crippen LogP contribution is -2.41. The first-order valence-electron chi connectivity index (χ1n) is 6.57. The van der Waals surface area contributed by atoms with Crippen molar-refractivity contribution in [3.05, 3.63) is 0 Å². The second-order valence-electron chi connectivity index (χ2n) is 3.90. The molecule has 0 heterocycles. The van der Waals surface area contributed by atoms with Gasteiger partial charge in [-0.1, -0.05) is 0 Å². The van der Waals surface area contributed by atoms with E-state index in [9.17, 15) is 14.4 Å². The zero-order valence-electron chi connectivity index (χ0n) is 11.8. The summed E-state index contributed by atoms with van der Waals surface area (Å²) in [5, 5.41) is 13.7. The number of hydrogen-bond acceptors (Lipinski definition) is 5. The zero-order chi connectivity index (χ0) is 15.4. The lowest BCUT2D eigenvalue weighted by atomic mass is 10.1. The zero-order valence-corrected chi connectivity index (χ0v) is 11.8. The highest BCUT2D eigenvalue weighted by molar-refractivity contribution is 5.79. The van der Waals surface area contributed by atoms with Gasteiger partial charge in [0.05, 0.1) is 13.2 Å². The molecule has 2 amide bonds. The van der Waals surface area contributed by atoms with Gasteiger partial charge in [0.15, 0.2) is 0 Å². The largest absolute Gasteiger partial charge is 0.480 e. The quantitative estimate of drug-likeness (QED) is 0.548. The van der Waals surface area contributed by atoms with Crippen LogP contribution >= 0.6 is 0 Å². The monoisotopic (exact) mass is 290 g/mol. The minimum atomic E-state index is -1.11. The molecule has 0 aromatic rings. The Balaban J connectivity index is 3.84. The standard InChI is InChI=1S/C12H22N2O6/c1-3-19-11(17)13-8-6-5-7-9(10(15)16)14-12(18)20-4-2/h9H,3-8H2,1-2H3,(H,13,17)(H,14,18)(H,15,16)/t9-/m0/s1. The maximum atomic E-state index is 11.1. The normalized spacial score (nSPS) is 11.3. The third-order valence-corrected chi connectivity index (χ3v) is 2.33. The number of aliphatic carboxylic acids is 1. The number of nitrogens with one attached hydrogen (secondary N) is 2. The van der Waals surface area contributed by atoms with E-state index in [1.165, 1.54) is 0 Å². The fourth-order valence-electron chi connectivity index (χ4n) is 1.42. The van der Waals surface area contributed by atoms with Crippen molar-refractivity contribution in [2.24, 2.45) is 0 Å². The number of ether oxygens (including phenoxy) is 2. The average Bonchev–Trinajstić information content (AvgIpc) is 2.37. The molecule has 0 bridgehead atoms. The van der Waals surface area contributed by atoms with Crippen molar-refractivity contribution in [3.63, 3.8) is 0 Å². The Labute approximate surface area is 117 Å². The number of amides is 2. The molecule has 0 aromatic carbocycles. The Morgan fingerprint density at radius 2 is 1.65 bits per heavy atom. The molecule has 0 fully saturated rings. The van der Waals surface area contributed by atoms with Crippen LogP contribution in [0.1, 0.15) is 33.1 Å². The first-order chi connectivity index (χ1) is 9.51. The molecule has 0 radical (unpaired) electrons. The molecule has 0 aliphatic heterocycles. The van der Waals surface area contributed by atoms with Gasteiger partial charge in [0.1, 0.15) is 6.04 Å². The molecule has 0 saturated carbocycles. The van der Waals surface area contributed by atoms with Crippen LogP contribution in [0.2, 0.25) is 0 Å². The van der Waals surface area contributed by atoms with Crippen LogP contribution in [0, 0.1) is 0 Å². The lowest BCUT2D eigenvalue weighted by molar-refractivity contribution is -0.139. The number of unbranched alkanes of at least 4 members (excludes halogenated alkanes) is 1. The van der Waals surface area contributed by atoms with Crippen LogP contribution < -0.4 is 10.6 Å². The van der Waals surface area contributed by atoms with Crippen LogP contribution in [-0.4, -0.2) is 49.1 Å². The number of carbonyl (C=O) groups excluding carboxylic acids is 2. The van der Waals surface area contributed by atoms with Gasteiger partial charge in [-0.05, 0) is 33.1 Å². The Bertz CT molecular complexity index is 321. The second-order valence-corrected chi connectivity index (χ2v) is 3.90. The number of rotatable bonds is 9. The van der Waals surface area contributed by atoms with Gasteiger partial charge in [0, 0.05) is 6.54 Å². The molecule has 0 saturated heterocycles. The smallest absolute Gasteiger partial charge is 0.407 e. The summed E-state index contributed by atoms with van der Waals surface area (Å²) in [7, 11) is 0. The molecule has 20 heavy (non-hydrogen) atoms. The number of hydrogen-bond donors (Lipinski definition) is 3. The van der Waals surface area contributed by atoms with E-state index in [2.05, 4.69) is 20.1 Å². The number of carboxylic acids is 1. The summed E-state index contributed by atoms with van der Waals surface area (Å²) >= 11 is 0. The van der Waals surface area contributed by atoms with Crippen LogP contribution in [0.4, 0.5) is 9.59 Å². The Morgan fingerprint density at radius 3 is 2.20 bits per heavy atom. The van der Waals surface area contributed by atoms with Crippen molar-refractivity contribution in [1.29, 1.82) is 0 Å². The maximum absolute atomic E-state index is 11.1.